The van der Waals surface area contributed by atoms with E-state index in [-0.39, 0.29) is 11.9 Å². The van der Waals surface area contributed by atoms with Crippen molar-refractivity contribution in [1.82, 2.24) is 0 Å². The van der Waals surface area contributed by atoms with Crippen LogP contribution in [0.5, 0.6) is 17.2 Å². The summed E-state index contributed by atoms with van der Waals surface area (Å²) in [5.74, 6) is 2.09. The van der Waals surface area contributed by atoms with Crippen LogP contribution in [0.25, 0.3) is 0 Å². The molecule has 0 saturated heterocycles. The second-order valence-corrected chi connectivity index (χ2v) is 4.41. The van der Waals surface area contributed by atoms with Gasteiger partial charge in [0.05, 0.1) is 13.7 Å². The van der Waals surface area contributed by atoms with Gasteiger partial charge in [0.1, 0.15) is 28.9 Å². The second-order valence-electron chi connectivity index (χ2n) is 4.41. The Morgan fingerprint density at radius 1 is 1.47 bits per heavy atom. The van der Waals surface area contributed by atoms with Crippen molar-refractivity contribution in [2.24, 2.45) is 0 Å². The number of methoxy groups -OCH3 is 1. The second kappa shape index (κ2) is 3.65. The number of carbonyl (C=O) groups is 1. The Labute approximate surface area is 99.5 Å². The first-order chi connectivity index (χ1) is 8.20. The van der Waals surface area contributed by atoms with E-state index in [1.807, 2.05) is 6.92 Å². The van der Waals surface area contributed by atoms with E-state index >= 15 is 0 Å². The fourth-order valence-electron chi connectivity index (χ4n) is 2.44. The number of fused-ring (bicyclic) bond motifs is 3. The van der Waals surface area contributed by atoms with Gasteiger partial charge in [-0.05, 0) is 6.92 Å². The Morgan fingerprint density at radius 2 is 2.29 bits per heavy atom. The molecule has 0 fully saturated rings. The Balaban J connectivity index is 2.24. The van der Waals surface area contributed by atoms with Crippen LogP contribution in [0.15, 0.2) is 6.07 Å². The summed E-state index contributed by atoms with van der Waals surface area (Å²) >= 11 is 0. The highest BCUT2D eigenvalue weighted by Gasteiger charge is 2.33. The molecule has 2 heterocycles. The first kappa shape index (κ1) is 10.4. The molecular formula is C13H14O4. The molecule has 2 aliphatic heterocycles. The van der Waals surface area contributed by atoms with Gasteiger partial charge < -0.3 is 14.2 Å². The molecule has 90 valence electrons. The minimum atomic E-state index is -0.0770. The Hall–Kier alpha value is -1.71. The first-order valence-corrected chi connectivity index (χ1v) is 5.77. The number of ether oxygens (including phenoxy) is 3. The molecule has 0 saturated carbocycles. The van der Waals surface area contributed by atoms with Gasteiger partial charge in [-0.1, -0.05) is 0 Å². The topological polar surface area (TPSA) is 44.8 Å². The number of ketones is 1. The summed E-state index contributed by atoms with van der Waals surface area (Å²) in [4.78, 5) is 12.1. The van der Waals surface area contributed by atoms with Gasteiger partial charge in [-0.15, -0.1) is 0 Å². The van der Waals surface area contributed by atoms with Gasteiger partial charge in [0.15, 0.2) is 5.78 Å². The van der Waals surface area contributed by atoms with Gasteiger partial charge in [0.2, 0.25) is 0 Å². The van der Waals surface area contributed by atoms with Crippen molar-refractivity contribution in [2.45, 2.75) is 25.9 Å². The Bertz CT molecular complexity index is 493. The molecule has 0 radical (unpaired) electrons. The number of Topliss-reactive ketones (excluding diaryl/α,β-unsaturated/α-hetero) is 1. The maximum Gasteiger partial charge on any atom is 0.174 e. The van der Waals surface area contributed by atoms with Crippen molar-refractivity contribution in [3.63, 3.8) is 0 Å². The normalized spacial score (nSPS) is 21.3. The largest absolute Gasteiger partial charge is 0.496 e. The molecule has 0 bridgehead atoms. The molecule has 1 aromatic carbocycles. The lowest BCUT2D eigenvalue weighted by atomic mass is 9.96. The monoisotopic (exact) mass is 234 g/mol. The third-order valence-corrected chi connectivity index (χ3v) is 3.21. The molecule has 4 nitrogen and oxygen atoms in total. The summed E-state index contributed by atoms with van der Waals surface area (Å²) < 4.78 is 16.6. The molecule has 0 amide bonds. The summed E-state index contributed by atoms with van der Waals surface area (Å²) in [6.45, 7) is 2.55. The number of hydrogen-bond donors (Lipinski definition) is 0. The van der Waals surface area contributed by atoms with Gasteiger partial charge in [0.25, 0.3) is 0 Å². The zero-order valence-corrected chi connectivity index (χ0v) is 9.91. The Morgan fingerprint density at radius 3 is 3.06 bits per heavy atom. The van der Waals surface area contributed by atoms with Crippen molar-refractivity contribution in [3.8, 4) is 17.2 Å². The maximum atomic E-state index is 12.1. The van der Waals surface area contributed by atoms with Gasteiger partial charge in [0, 0.05) is 24.5 Å². The number of carbonyl (C=O) groups excluding carboxylic acids is 1. The van der Waals surface area contributed by atoms with Crippen LogP contribution in [-0.2, 0) is 6.42 Å². The van der Waals surface area contributed by atoms with Crippen LogP contribution in [-0.4, -0.2) is 25.6 Å². The molecule has 0 spiro atoms. The minimum Gasteiger partial charge on any atom is -0.496 e. The molecule has 0 N–H and O–H groups in total. The van der Waals surface area contributed by atoms with Gasteiger partial charge in [-0.3, -0.25) is 4.79 Å². The van der Waals surface area contributed by atoms with Crippen LogP contribution >= 0.6 is 0 Å². The van der Waals surface area contributed by atoms with Crippen molar-refractivity contribution in [3.05, 3.63) is 17.2 Å². The number of rotatable bonds is 1. The fourth-order valence-corrected chi connectivity index (χ4v) is 2.44. The summed E-state index contributed by atoms with van der Waals surface area (Å²) in [5.41, 5.74) is 1.58. The summed E-state index contributed by atoms with van der Waals surface area (Å²) in [5, 5.41) is 0. The maximum absolute atomic E-state index is 12.1. The molecule has 4 heteroatoms. The number of benzene rings is 1. The molecule has 17 heavy (non-hydrogen) atoms. The SMILES string of the molecule is COc1cc2c(c3c1C(=O)C[C@@H](C)O3)CCO2. The highest BCUT2D eigenvalue weighted by atomic mass is 16.5. The fraction of sp³-hybridized carbons (Fsp3) is 0.462. The molecule has 1 atom stereocenters. The van der Waals surface area contributed by atoms with Crippen molar-refractivity contribution < 1.29 is 19.0 Å². The summed E-state index contributed by atoms with van der Waals surface area (Å²) in [7, 11) is 1.56. The predicted octanol–water partition coefficient (Wildman–Crippen LogP) is 1.98. The molecular weight excluding hydrogens is 220 g/mol. The third kappa shape index (κ3) is 1.47. The van der Waals surface area contributed by atoms with E-state index in [2.05, 4.69) is 0 Å². The van der Waals surface area contributed by atoms with Crippen LogP contribution in [0.2, 0.25) is 0 Å². The molecule has 0 aliphatic carbocycles. The zero-order chi connectivity index (χ0) is 12.0. The van der Waals surface area contributed by atoms with E-state index in [4.69, 9.17) is 14.2 Å². The van der Waals surface area contributed by atoms with Crippen LogP contribution in [0, 0.1) is 0 Å². The van der Waals surface area contributed by atoms with Crippen molar-refractivity contribution in [2.75, 3.05) is 13.7 Å². The van der Waals surface area contributed by atoms with Crippen LogP contribution in [0.1, 0.15) is 29.3 Å². The summed E-state index contributed by atoms with van der Waals surface area (Å²) in [6, 6.07) is 1.79. The first-order valence-electron chi connectivity index (χ1n) is 5.77. The predicted molar refractivity (Wildman–Crippen MR) is 61.2 cm³/mol. The van der Waals surface area contributed by atoms with Crippen molar-refractivity contribution in [1.29, 1.82) is 0 Å². The number of hydrogen-bond acceptors (Lipinski definition) is 4. The molecule has 3 rings (SSSR count). The molecule has 2 aliphatic rings. The van der Waals surface area contributed by atoms with Crippen molar-refractivity contribution >= 4 is 5.78 Å². The molecule has 0 aromatic heterocycles. The molecule has 1 aromatic rings. The van der Waals surface area contributed by atoms with E-state index in [1.165, 1.54) is 0 Å². The lowest BCUT2D eigenvalue weighted by Crippen LogP contribution is -2.25. The van der Waals surface area contributed by atoms with Gasteiger partial charge >= 0.3 is 0 Å². The van der Waals surface area contributed by atoms with E-state index < -0.39 is 0 Å². The zero-order valence-electron chi connectivity index (χ0n) is 9.91. The summed E-state index contributed by atoms with van der Waals surface area (Å²) in [6.07, 6.45) is 1.12. The lowest BCUT2D eigenvalue weighted by molar-refractivity contribution is 0.0864. The van der Waals surface area contributed by atoms with E-state index in [1.54, 1.807) is 13.2 Å². The van der Waals surface area contributed by atoms with E-state index in [0.29, 0.717) is 30.1 Å². The minimum absolute atomic E-state index is 0.0770. The van der Waals surface area contributed by atoms with Gasteiger partial charge in [-0.2, -0.15) is 0 Å². The van der Waals surface area contributed by atoms with Crippen LogP contribution in [0.3, 0.4) is 0 Å². The highest BCUT2D eigenvalue weighted by Crippen LogP contribution is 2.45. The van der Waals surface area contributed by atoms with E-state index in [0.717, 1.165) is 17.7 Å². The van der Waals surface area contributed by atoms with E-state index in [9.17, 15) is 4.79 Å². The standard InChI is InChI=1S/C13H14O4/c1-7-5-9(14)12-11(15-2)6-10-8(3-4-16-10)13(12)17-7/h6-7H,3-5H2,1-2H3/t7-/m1/s1. The van der Waals surface area contributed by atoms with Crippen LogP contribution in [0.4, 0.5) is 0 Å². The highest BCUT2D eigenvalue weighted by molar-refractivity contribution is 6.03. The van der Waals surface area contributed by atoms with Crippen LogP contribution < -0.4 is 14.2 Å². The average molecular weight is 234 g/mol. The van der Waals surface area contributed by atoms with Gasteiger partial charge in [-0.25, -0.2) is 0 Å². The smallest absolute Gasteiger partial charge is 0.174 e. The molecule has 0 unspecified atom stereocenters. The lowest BCUT2D eigenvalue weighted by Gasteiger charge is -2.25. The average Bonchev–Trinajstić information content (AvgIpc) is 2.75. The quantitative estimate of drug-likeness (QED) is 0.745. The third-order valence-electron chi connectivity index (χ3n) is 3.21. The Kier molecular flexibility index (Phi) is 2.24.